The second-order valence-corrected chi connectivity index (χ2v) is 5.75. The van der Waals surface area contributed by atoms with Crippen molar-refractivity contribution < 1.29 is 5.11 Å². The Bertz CT molecular complexity index is 782. The Balaban J connectivity index is 1.95. The molecular weight excluding hydrogens is 314 g/mol. The average Bonchev–Trinajstić information content (AvgIpc) is 3.15. The van der Waals surface area contributed by atoms with Crippen molar-refractivity contribution >= 4 is 5.69 Å². The zero-order valence-electron chi connectivity index (χ0n) is 14.5. The number of para-hydroxylation sites is 1. The van der Waals surface area contributed by atoms with E-state index in [1.165, 1.54) is 5.69 Å². The van der Waals surface area contributed by atoms with Gasteiger partial charge in [0.1, 0.15) is 18.4 Å². The lowest BCUT2D eigenvalue weighted by Gasteiger charge is -2.24. The van der Waals surface area contributed by atoms with Crippen LogP contribution < -0.4 is 10.3 Å². The summed E-state index contributed by atoms with van der Waals surface area (Å²) in [6.07, 6.45) is 3.19. The van der Waals surface area contributed by atoms with Gasteiger partial charge in [-0.15, -0.1) is 10.2 Å². The van der Waals surface area contributed by atoms with Crippen LogP contribution >= 0.6 is 0 Å². The number of phenolic OH excluding ortho intramolecular Hbond substituents is 1. The van der Waals surface area contributed by atoms with E-state index in [0.717, 1.165) is 24.2 Å². The van der Waals surface area contributed by atoms with Crippen molar-refractivity contribution in [1.29, 1.82) is 0 Å². The lowest BCUT2D eigenvalue weighted by Crippen LogP contribution is -2.23. The van der Waals surface area contributed by atoms with Gasteiger partial charge in [0, 0.05) is 24.3 Å². The zero-order valence-corrected chi connectivity index (χ0v) is 14.5. The first kappa shape index (κ1) is 16.8. The molecule has 0 saturated carbocycles. The summed E-state index contributed by atoms with van der Waals surface area (Å²) in [6, 6.07) is 15.5. The monoisotopic (exact) mass is 337 g/mol. The third-order valence-corrected chi connectivity index (χ3v) is 4.30. The summed E-state index contributed by atoms with van der Waals surface area (Å²) < 4.78 is 1.69. The minimum absolute atomic E-state index is 0.219. The van der Waals surface area contributed by atoms with Gasteiger partial charge in [-0.2, -0.15) is 0 Å². The summed E-state index contributed by atoms with van der Waals surface area (Å²) in [5.41, 5.74) is 6.36. The van der Waals surface area contributed by atoms with Crippen LogP contribution in [-0.4, -0.2) is 33.1 Å². The fourth-order valence-electron chi connectivity index (χ4n) is 2.94. The maximum atomic E-state index is 10.3. The minimum atomic E-state index is -0.219. The second-order valence-electron chi connectivity index (χ2n) is 5.75. The highest BCUT2D eigenvalue weighted by atomic mass is 16.3. The van der Waals surface area contributed by atoms with Crippen LogP contribution in [0, 0.1) is 0 Å². The van der Waals surface area contributed by atoms with E-state index in [4.69, 9.17) is 0 Å². The summed E-state index contributed by atoms with van der Waals surface area (Å²) in [7, 11) is 0. The fraction of sp³-hybridized carbons (Fsp3) is 0.263. The van der Waals surface area contributed by atoms with E-state index in [9.17, 15) is 5.11 Å². The summed E-state index contributed by atoms with van der Waals surface area (Å²) in [4.78, 5) is 2.30. The first-order valence-electron chi connectivity index (χ1n) is 8.47. The molecule has 0 fully saturated rings. The van der Waals surface area contributed by atoms with E-state index in [0.29, 0.717) is 0 Å². The van der Waals surface area contributed by atoms with E-state index in [1.807, 2.05) is 18.2 Å². The normalized spacial score (nSPS) is 11.9. The molecule has 0 saturated heterocycles. The van der Waals surface area contributed by atoms with E-state index in [-0.39, 0.29) is 11.8 Å². The molecule has 2 N–H and O–H groups in total. The number of phenols is 1. The van der Waals surface area contributed by atoms with Gasteiger partial charge in [-0.25, -0.2) is 4.68 Å². The molecule has 6 nitrogen and oxygen atoms in total. The molecule has 3 rings (SSSR count). The van der Waals surface area contributed by atoms with E-state index in [1.54, 1.807) is 23.4 Å². The van der Waals surface area contributed by atoms with Gasteiger partial charge < -0.3 is 15.4 Å². The average molecular weight is 337 g/mol. The lowest BCUT2D eigenvalue weighted by molar-refractivity contribution is 0.465. The maximum absolute atomic E-state index is 10.3. The number of aromatic hydroxyl groups is 1. The van der Waals surface area contributed by atoms with Gasteiger partial charge in [0.2, 0.25) is 0 Å². The Kier molecular flexibility index (Phi) is 5.18. The molecule has 0 radical (unpaired) electrons. The summed E-state index contributed by atoms with van der Waals surface area (Å²) in [5.74, 6) is 0.251. The fourth-order valence-corrected chi connectivity index (χ4v) is 2.94. The second kappa shape index (κ2) is 7.70. The van der Waals surface area contributed by atoms with Crippen LogP contribution in [0.15, 0.2) is 61.2 Å². The van der Waals surface area contributed by atoms with Crippen molar-refractivity contribution in [3.8, 4) is 5.75 Å². The van der Waals surface area contributed by atoms with E-state index >= 15 is 0 Å². The summed E-state index contributed by atoms with van der Waals surface area (Å²) >= 11 is 0. The number of benzene rings is 2. The molecule has 1 aromatic heterocycles. The highest BCUT2D eigenvalue weighted by molar-refractivity contribution is 5.50. The van der Waals surface area contributed by atoms with Crippen molar-refractivity contribution in [3.63, 3.8) is 0 Å². The third-order valence-electron chi connectivity index (χ3n) is 4.30. The molecule has 2 aromatic carbocycles. The highest BCUT2D eigenvalue weighted by Crippen LogP contribution is 2.31. The molecule has 3 aromatic rings. The van der Waals surface area contributed by atoms with Crippen LogP contribution in [0.5, 0.6) is 5.75 Å². The van der Waals surface area contributed by atoms with Crippen molar-refractivity contribution in [1.82, 2.24) is 14.9 Å². The van der Waals surface area contributed by atoms with Crippen LogP contribution in [0.3, 0.4) is 0 Å². The van der Waals surface area contributed by atoms with Crippen LogP contribution in [-0.2, 0) is 0 Å². The minimum Gasteiger partial charge on any atom is -0.508 e. The molecule has 0 spiro atoms. The van der Waals surface area contributed by atoms with Crippen molar-refractivity contribution in [2.75, 3.05) is 23.4 Å². The van der Waals surface area contributed by atoms with Crippen LogP contribution in [0.1, 0.15) is 31.0 Å². The van der Waals surface area contributed by atoms with Gasteiger partial charge in [0.15, 0.2) is 0 Å². The number of rotatable bonds is 7. The Hall–Kier alpha value is -3.02. The predicted molar refractivity (Wildman–Crippen MR) is 99.3 cm³/mol. The summed E-state index contributed by atoms with van der Waals surface area (Å²) in [6.45, 7) is 6.24. The molecule has 0 aliphatic rings. The molecule has 0 aliphatic heterocycles. The number of anilines is 1. The first-order valence-corrected chi connectivity index (χ1v) is 8.47. The standard InChI is InChI=1S/C19H23N5O/c1-3-23(4-2)16-11-9-15(10-12-16)19(22-24-13-20-21-14-24)17-7-5-6-8-18(17)25/h5-14,19,22,25H,3-4H2,1-2H3. The largest absolute Gasteiger partial charge is 0.508 e. The molecule has 25 heavy (non-hydrogen) atoms. The molecule has 6 heteroatoms. The van der Waals surface area contributed by atoms with Crippen LogP contribution in [0.4, 0.5) is 5.69 Å². The van der Waals surface area contributed by atoms with Gasteiger partial charge in [-0.3, -0.25) is 0 Å². The molecule has 1 atom stereocenters. The molecule has 1 unspecified atom stereocenters. The van der Waals surface area contributed by atoms with Gasteiger partial charge >= 0.3 is 0 Å². The summed E-state index contributed by atoms with van der Waals surface area (Å²) in [5, 5.41) is 18.0. The number of nitrogens with zero attached hydrogens (tertiary/aromatic N) is 4. The number of aromatic nitrogens is 3. The Morgan fingerprint density at radius 1 is 1.00 bits per heavy atom. The molecule has 130 valence electrons. The van der Waals surface area contributed by atoms with Crippen molar-refractivity contribution in [3.05, 3.63) is 72.3 Å². The molecule has 0 aliphatic carbocycles. The van der Waals surface area contributed by atoms with Crippen LogP contribution in [0.25, 0.3) is 0 Å². The smallest absolute Gasteiger partial charge is 0.138 e. The predicted octanol–water partition coefficient (Wildman–Crippen LogP) is 3.16. The molecule has 0 amide bonds. The Labute approximate surface area is 147 Å². The molecule has 1 heterocycles. The van der Waals surface area contributed by atoms with E-state index in [2.05, 4.69) is 58.6 Å². The van der Waals surface area contributed by atoms with Crippen molar-refractivity contribution in [2.45, 2.75) is 19.9 Å². The number of hydrogen-bond donors (Lipinski definition) is 2. The first-order chi connectivity index (χ1) is 12.2. The maximum Gasteiger partial charge on any atom is 0.138 e. The SMILES string of the molecule is CCN(CC)c1ccc(C(Nn2cnnc2)c2ccccc2O)cc1. The molecular formula is C19H23N5O. The van der Waals surface area contributed by atoms with E-state index < -0.39 is 0 Å². The molecule has 0 bridgehead atoms. The van der Waals surface area contributed by atoms with Gasteiger partial charge in [0.25, 0.3) is 0 Å². The Morgan fingerprint density at radius 3 is 2.24 bits per heavy atom. The van der Waals surface area contributed by atoms with Gasteiger partial charge in [0.05, 0.1) is 6.04 Å². The topological polar surface area (TPSA) is 66.2 Å². The van der Waals surface area contributed by atoms with Crippen molar-refractivity contribution in [2.24, 2.45) is 0 Å². The lowest BCUT2D eigenvalue weighted by atomic mass is 9.98. The highest BCUT2D eigenvalue weighted by Gasteiger charge is 2.18. The number of hydrogen-bond acceptors (Lipinski definition) is 5. The van der Waals surface area contributed by atoms with Gasteiger partial charge in [-0.05, 0) is 37.6 Å². The third kappa shape index (κ3) is 3.74. The number of nitrogens with one attached hydrogen (secondary N) is 1. The Morgan fingerprint density at radius 2 is 1.64 bits per heavy atom. The zero-order chi connectivity index (χ0) is 17.6. The van der Waals surface area contributed by atoms with Crippen LogP contribution in [0.2, 0.25) is 0 Å². The quantitative estimate of drug-likeness (QED) is 0.693. The van der Waals surface area contributed by atoms with Gasteiger partial charge in [-0.1, -0.05) is 30.3 Å².